The average molecular weight is 495 g/mol. The molecule has 182 valence electrons. The minimum atomic E-state index is -0.607. The molecule has 3 aromatic rings. The summed E-state index contributed by atoms with van der Waals surface area (Å²) in [4.78, 5) is 15.5. The molecule has 2 heterocycles. The number of para-hydroxylation sites is 1. The number of hydrogen-bond acceptors (Lipinski definition) is 7. The van der Waals surface area contributed by atoms with Gasteiger partial charge in [0.25, 0.3) is 5.91 Å². The summed E-state index contributed by atoms with van der Waals surface area (Å²) < 4.78 is 21.6. The van der Waals surface area contributed by atoms with Gasteiger partial charge in [0.05, 0.1) is 32.9 Å². The van der Waals surface area contributed by atoms with Gasteiger partial charge in [-0.25, -0.2) is 0 Å². The van der Waals surface area contributed by atoms with Gasteiger partial charge in [-0.05, 0) is 55.9 Å². The van der Waals surface area contributed by atoms with Crippen LogP contribution in [-0.4, -0.2) is 37.5 Å². The zero-order valence-corrected chi connectivity index (χ0v) is 20.9. The third-order valence-corrected chi connectivity index (χ3v) is 5.93. The molecule has 2 N–H and O–H groups in total. The highest BCUT2D eigenvalue weighted by molar-refractivity contribution is 7.80. The van der Waals surface area contributed by atoms with E-state index < -0.39 is 6.04 Å². The Labute approximate surface area is 208 Å². The van der Waals surface area contributed by atoms with Gasteiger partial charge in [0.2, 0.25) is 5.75 Å². The number of amides is 1. The quantitative estimate of drug-likeness (QED) is 0.464. The Bertz CT molecular complexity index is 1260. The largest absolute Gasteiger partial charge is 0.493 e. The smallest absolute Gasteiger partial charge is 0.257 e. The van der Waals surface area contributed by atoms with E-state index in [9.17, 15) is 4.79 Å². The molecule has 1 aliphatic rings. The molecular weight excluding hydrogens is 468 g/mol. The molecular formula is C25H26N4O5S. The highest BCUT2D eigenvalue weighted by atomic mass is 32.1. The van der Waals surface area contributed by atoms with Crippen molar-refractivity contribution >= 4 is 34.7 Å². The molecule has 1 amide bonds. The first-order chi connectivity index (χ1) is 16.9. The Morgan fingerprint density at radius 1 is 1.06 bits per heavy atom. The molecule has 10 heteroatoms. The number of carbonyl (C=O) groups excluding carboxylic acids is 1. The summed E-state index contributed by atoms with van der Waals surface area (Å²) >= 11 is 5.74. The van der Waals surface area contributed by atoms with E-state index >= 15 is 0 Å². The Kier molecular flexibility index (Phi) is 6.92. The normalized spacial score (nSPS) is 15.5. The van der Waals surface area contributed by atoms with Crippen LogP contribution in [0, 0.1) is 6.92 Å². The summed E-state index contributed by atoms with van der Waals surface area (Å²) in [5.41, 5.74) is 2.64. The van der Waals surface area contributed by atoms with Crippen molar-refractivity contribution in [2.75, 3.05) is 31.5 Å². The molecule has 0 saturated carbocycles. The van der Waals surface area contributed by atoms with Crippen molar-refractivity contribution in [3.8, 4) is 17.2 Å². The van der Waals surface area contributed by atoms with E-state index in [-0.39, 0.29) is 5.91 Å². The van der Waals surface area contributed by atoms with Crippen LogP contribution in [0.1, 0.15) is 24.3 Å². The maximum absolute atomic E-state index is 13.6. The molecule has 35 heavy (non-hydrogen) atoms. The lowest BCUT2D eigenvalue weighted by Gasteiger charge is -2.38. The van der Waals surface area contributed by atoms with E-state index in [1.54, 1.807) is 39.3 Å². The van der Waals surface area contributed by atoms with Gasteiger partial charge in [-0.15, -0.1) is 0 Å². The van der Waals surface area contributed by atoms with Gasteiger partial charge < -0.3 is 29.4 Å². The molecule has 9 nitrogen and oxygen atoms in total. The van der Waals surface area contributed by atoms with Gasteiger partial charge in [-0.3, -0.25) is 9.69 Å². The standard InChI is InChI=1S/C25H26N4O5S/c1-14-11-20(28-34-14)26-24(30)21-15(2)29(17-9-7-6-8-10-17)25(35)27-22(21)16-12-18(31-3)23(33-5)19(13-16)32-4/h6-13,22H,1-5H3,(H,27,35)(H,26,28,30). The van der Waals surface area contributed by atoms with Gasteiger partial charge in [-0.2, -0.15) is 0 Å². The van der Waals surface area contributed by atoms with E-state index in [2.05, 4.69) is 15.8 Å². The van der Waals surface area contributed by atoms with Crippen molar-refractivity contribution in [1.29, 1.82) is 0 Å². The van der Waals surface area contributed by atoms with E-state index in [1.807, 2.05) is 42.2 Å². The summed E-state index contributed by atoms with van der Waals surface area (Å²) in [5.74, 6) is 1.92. The number of benzene rings is 2. The van der Waals surface area contributed by atoms with Crippen molar-refractivity contribution in [1.82, 2.24) is 10.5 Å². The SMILES string of the molecule is COc1cc(C2NC(=S)N(c3ccccc3)C(C)=C2C(=O)Nc2cc(C)on2)cc(OC)c1OC. The summed E-state index contributed by atoms with van der Waals surface area (Å²) in [6.07, 6.45) is 0. The molecule has 4 rings (SSSR count). The molecule has 1 aromatic heterocycles. The van der Waals surface area contributed by atoms with Crippen LogP contribution in [0.2, 0.25) is 0 Å². The Morgan fingerprint density at radius 3 is 2.26 bits per heavy atom. The van der Waals surface area contributed by atoms with E-state index in [4.69, 9.17) is 31.0 Å². The summed E-state index contributed by atoms with van der Waals surface area (Å²) in [6, 6.07) is 14.2. The van der Waals surface area contributed by atoms with Gasteiger partial charge in [0, 0.05) is 17.5 Å². The van der Waals surface area contributed by atoms with Crippen LogP contribution in [0.3, 0.4) is 0 Å². The zero-order valence-electron chi connectivity index (χ0n) is 20.0. The second-order valence-corrected chi connectivity index (χ2v) is 8.17. The number of hydrogen-bond donors (Lipinski definition) is 2. The van der Waals surface area contributed by atoms with Crippen LogP contribution in [0.5, 0.6) is 17.2 Å². The van der Waals surface area contributed by atoms with Gasteiger partial charge in [0.15, 0.2) is 22.4 Å². The number of thiocarbonyl (C=S) groups is 1. The number of allylic oxidation sites excluding steroid dienone is 1. The third-order valence-electron chi connectivity index (χ3n) is 5.63. The molecule has 0 aliphatic carbocycles. The molecule has 1 unspecified atom stereocenters. The Hall–Kier alpha value is -4.05. The minimum Gasteiger partial charge on any atom is -0.493 e. The first kappa shape index (κ1) is 24.1. The molecule has 1 atom stereocenters. The van der Waals surface area contributed by atoms with Crippen LogP contribution in [0.4, 0.5) is 11.5 Å². The summed E-state index contributed by atoms with van der Waals surface area (Å²) in [6.45, 7) is 3.61. The van der Waals surface area contributed by atoms with Crippen LogP contribution >= 0.6 is 12.2 Å². The fourth-order valence-electron chi connectivity index (χ4n) is 4.05. The molecule has 0 saturated heterocycles. The summed E-state index contributed by atoms with van der Waals surface area (Å²) in [5, 5.41) is 10.5. The van der Waals surface area contributed by atoms with Gasteiger partial charge >= 0.3 is 0 Å². The molecule has 2 aromatic carbocycles. The highest BCUT2D eigenvalue weighted by Crippen LogP contribution is 2.42. The fraction of sp³-hybridized carbons (Fsp3) is 0.240. The second-order valence-electron chi connectivity index (χ2n) is 7.79. The predicted octanol–water partition coefficient (Wildman–Crippen LogP) is 4.36. The minimum absolute atomic E-state index is 0.316. The molecule has 0 spiro atoms. The van der Waals surface area contributed by atoms with Gasteiger partial charge in [0.1, 0.15) is 5.76 Å². The number of ether oxygens (including phenoxy) is 3. The zero-order chi connectivity index (χ0) is 25.1. The van der Waals surface area contributed by atoms with Gasteiger partial charge in [-0.1, -0.05) is 23.4 Å². The first-order valence-corrected chi connectivity index (χ1v) is 11.2. The van der Waals surface area contributed by atoms with E-state index in [0.717, 1.165) is 5.69 Å². The molecule has 0 fully saturated rings. The first-order valence-electron chi connectivity index (χ1n) is 10.8. The molecule has 0 bridgehead atoms. The number of anilines is 2. The predicted molar refractivity (Wildman–Crippen MR) is 136 cm³/mol. The van der Waals surface area contributed by atoms with Crippen LogP contribution in [0.15, 0.2) is 64.3 Å². The lowest BCUT2D eigenvalue weighted by molar-refractivity contribution is -0.113. The van der Waals surface area contributed by atoms with Crippen LogP contribution in [-0.2, 0) is 4.79 Å². The van der Waals surface area contributed by atoms with Crippen LogP contribution in [0.25, 0.3) is 0 Å². The second kappa shape index (κ2) is 10.1. The van der Waals surface area contributed by atoms with Crippen molar-refractivity contribution < 1.29 is 23.5 Å². The van der Waals surface area contributed by atoms with Crippen LogP contribution < -0.4 is 29.7 Å². The van der Waals surface area contributed by atoms with E-state index in [1.165, 1.54) is 7.11 Å². The number of aryl methyl sites for hydroxylation is 1. The molecule has 1 aliphatic heterocycles. The highest BCUT2D eigenvalue weighted by Gasteiger charge is 2.36. The summed E-state index contributed by atoms with van der Waals surface area (Å²) in [7, 11) is 4.62. The Morgan fingerprint density at radius 2 is 1.71 bits per heavy atom. The fourth-order valence-corrected chi connectivity index (χ4v) is 4.41. The number of rotatable bonds is 7. The lowest BCUT2D eigenvalue weighted by Crippen LogP contribution is -2.48. The topological polar surface area (TPSA) is 98.1 Å². The number of nitrogens with one attached hydrogen (secondary N) is 2. The van der Waals surface area contributed by atoms with Crippen molar-refractivity contribution in [2.24, 2.45) is 0 Å². The number of aromatic nitrogens is 1. The number of carbonyl (C=O) groups is 1. The van der Waals surface area contributed by atoms with Crippen molar-refractivity contribution in [3.05, 3.63) is 71.1 Å². The Balaban J connectivity index is 1.86. The maximum Gasteiger partial charge on any atom is 0.257 e. The van der Waals surface area contributed by atoms with E-state index in [0.29, 0.717) is 50.8 Å². The maximum atomic E-state index is 13.6. The van der Waals surface area contributed by atoms with Crippen molar-refractivity contribution in [3.63, 3.8) is 0 Å². The van der Waals surface area contributed by atoms with Crippen molar-refractivity contribution in [2.45, 2.75) is 19.9 Å². The third kappa shape index (κ3) is 4.65. The average Bonchev–Trinajstić information content (AvgIpc) is 3.27. The lowest BCUT2D eigenvalue weighted by atomic mass is 9.93. The molecule has 0 radical (unpaired) electrons. The number of nitrogens with zero attached hydrogens (tertiary/aromatic N) is 2. The monoisotopic (exact) mass is 494 g/mol. The number of methoxy groups -OCH3 is 3.